The molecule has 22 heavy (non-hydrogen) atoms. The minimum absolute atomic E-state index is 0.0370. The Hall–Kier alpha value is -1.50. The SMILES string of the molecule is CN(C)Cc1cccc2cc3cccc(CP(C)C)c3nc12. The van der Waals surface area contributed by atoms with E-state index in [1.807, 2.05) is 0 Å². The highest BCUT2D eigenvalue weighted by Gasteiger charge is 2.09. The predicted molar refractivity (Wildman–Crippen MR) is 99.1 cm³/mol. The van der Waals surface area contributed by atoms with Gasteiger partial charge >= 0.3 is 0 Å². The zero-order valence-corrected chi connectivity index (χ0v) is 14.7. The number of hydrogen-bond donors (Lipinski definition) is 0. The zero-order valence-electron chi connectivity index (χ0n) is 13.8. The van der Waals surface area contributed by atoms with E-state index in [0.29, 0.717) is 0 Å². The summed E-state index contributed by atoms with van der Waals surface area (Å²) < 4.78 is 0. The molecule has 0 saturated heterocycles. The van der Waals surface area contributed by atoms with Crippen LogP contribution in [0.25, 0.3) is 21.8 Å². The van der Waals surface area contributed by atoms with E-state index in [1.165, 1.54) is 27.4 Å². The lowest BCUT2D eigenvalue weighted by Gasteiger charge is -2.14. The van der Waals surface area contributed by atoms with E-state index in [1.54, 1.807) is 0 Å². The number of hydrogen-bond acceptors (Lipinski definition) is 2. The number of benzene rings is 2. The molecule has 2 nitrogen and oxygen atoms in total. The molecule has 0 unspecified atom stereocenters. The zero-order chi connectivity index (χ0) is 15.7. The second-order valence-corrected chi connectivity index (χ2v) is 8.92. The van der Waals surface area contributed by atoms with Gasteiger partial charge in [0, 0.05) is 17.3 Å². The van der Waals surface area contributed by atoms with Crippen LogP contribution in [0.2, 0.25) is 0 Å². The van der Waals surface area contributed by atoms with Gasteiger partial charge in [0.2, 0.25) is 0 Å². The molecule has 0 saturated carbocycles. The molecule has 0 spiro atoms. The average molecular weight is 310 g/mol. The number of nitrogens with zero attached hydrogens (tertiary/aromatic N) is 2. The van der Waals surface area contributed by atoms with Crippen LogP contribution in [0.15, 0.2) is 42.5 Å². The highest BCUT2D eigenvalue weighted by Crippen LogP contribution is 2.34. The van der Waals surface area contributed by atoms with Crippen LogP contribution in [0, 0.1) is 0 Å². The molecule has 0 aliphatic carbocycles. The first-order valence-electron chi connectivity index (χ1n) is 7.64. The normalized spacial score (nSPS) is 11.9. The van der Waals surface area contributed by atoms with Gasteiger partial charge < -0.3 is 4.90 Å². The van der Waals surface area contributed by atoms with Gasteiger partial charge in [-0.2, -0.15) is 0 Å². The molecule has 0 amide bonds. The Balaban J connectivity index is 2.24. The van der Waals surface area contributed by atoms with Gasteiger partial charge in [-0.3, -0.25) is 0 Å². The van der Waals surface area contributed by atoms with Crippen LogP contribution in [0.5, 0.6) is 0 Å². The van der Waals surface area contributed by atoms with E-state index >= 15 is 0 Å². The molecular weight excluding hydrogens is 287 g/mol. The van der Waals surface area contributed by atoms with Crippen LogP contribution < -0.4 is 0 Å². The van der Waals surface area contributed by atoms with Crippen molar-refractivity contribution in [1.29, 1.82) is 0 Å². The molecule has 0 N–H and O–H groups in total. The third-order valence-electron chi connectivity index (χ3n) is 3.81. The highest BCUT2D eigenvalue weighted by molar-refractivity contribution is 7.55. The number of fused-ring (bicyclic) bond motifs is 2. The van der Waals surface area contributed by atoms with E-state index in [4.69, 9.17) is 4.98 Å². The summed E-state index contributed by atoms with van der Waals surface area (Å²) >= 11 is 0. The Morgan fingerprint density at radius 2 is 1.50 bits per heavy atom. The van der Waals surface area contributed by atoms with Crippen molar-refractivity contribution in [2.24, 2.45) is 0 Å². The van der Waals surface area contributed by atoms with Gasteiger partial charge in [0.1, 0.15) is 0 Å². The standard InChI is InChI=1S/C19H23N2P/c1-21(2)12-16-9-5-7-14-11-15-8-6-10-17(13-22(3)4)19(15)20-18(14)16/h5-11H,12-13H2,1-4H3. The van der Waals surface area contributed by atoms with Crippen molar-refractivity contribution < 1.29 is 0 Å². The topological polar surface area (TPSA) is 16.1 Å². The molecule has 2 aromatic carbocycles. The van der Waals surface area contributed by atoms with Gasteiger partial charge in [-0.15, -0.1) is 7.92 Å². The minimum atomic E-state index is 0.0370. The lowest BCUT2D eigenvalue weighted by atomic mass is 10.0. The van der Waals surface area contributed by atoms with Crippen LogP contribution >= 0.6 is 7.92 Å². The first-order valence-corrected chi connectivity index (χ1v) is 10.1. The number of pyridine rings is 1. The van der Waals surface area contributed by atoms with Gasteiger partial charge in [0.15, 0.2) is 0 Å². The molecular formula is C19H23N2P. The molecule has 0 fully saturated rings. The van der Waals surface area contributed by atoms with E-state index < -0.39 is 0 Å². The Bertz CT molecular complexity index is 744. The summed E-state index contributed by atoms with van der Waals surface area (Å²) in [6.45, 7) is 5.58. The van der Waals surface area contributed by atoms with E-state index in [0.717, 1.165) is 18.2 Å². The van der Waals surface area contributed by atoms with Gasteiger partial charge in [0.25, 0.3) is 0 Å². The molecule has 1 aromatic heterocycles. The third-order valence-corrected chi connectivity index (χ3v) is 4.78. The number of rotatable bonds is 4. The first kappa shape index (κ1) is 15.4. The lowest BCUT2D eigenvalue weighted by molar-refractivity contribution is 0.404. The highest BCUT2D eigenvalue weighted by atomic mass is 31.1. The lowest BCUT2D eigenvalue weighted by Crippen LogP contribution is -2.11. The van der Waals surface area contributed by atoms with Gasteiger partial charge in [-0.05, 0) is 50.8 Å². The Morgan fingerprint density at radius 1 is 0.909 bits per heavy atom. The van der Waals surface area contributed by atoms with Crippen LogP contribution in [-0.2, 0) is 12.7 Å². The van der Waals surface area contributed by atoms with Crippen molar-refractivity contribution in [2.75, 3.05) is 27.4 Å². The van der Waals surface area contributed by atoms with E-state index in [2.05, 4.69) is 74.8 Å². The first-order chi connectivity index (χ1) is 10.5. The Morgan fingerprint density at radius 3 is 2.09 bits per heavy atom. The molecule has 0 bridgehead atoms. The fourth-order valence-electron chi connectivity index (χ4n) is 2.94. The maximum absolute atomic E-state index is 5.07. The Labute approximate surface area is 133 Å². The molecule has 3 aromatic rings. The molecule has 114 valence electrons. The second kappa shape index (κ2) is 6.32. The Kier molecular flexibility index (Phi) is 4.42. The quantitative estimate of drug-likeness (QED) is 0.513. The van der Waals surface area contributed by atoms with Gasteiger partial charge in [-0.25, -0.2) is 4.98 Å². The molecule has 0 atom stereocenters. The summed E-state index contributed by atoms with van der Waals surface area (Å²) in [6.07, 6.45) is 1.14. The van der Waals surface area contributed by atoms with Gasteiger partial charge in [-0.1, -0.05) is 36.4 Å². The fourth-order valence-corrected chi connectivity index (χ4v) is 3.88. The van der Waals surface area contributed by atoms with Crippen LogP contribution in [0.1, 0.15) is 11.1 Å². The summed E-state index contributed by atoms with van der Waals surface area (Å²) in [4.78, 5) is 7.27. The molecule has 1 heterocycles. The van der Waals surface area contributed by atoms with Crippen molar-refractivity contribution in [3.8, 4) is 0 Å². The van der Waals surface area contributed by atoms with E-state index in [9.17, 15) is 0 Å². The molecule has 3 rings (SSSR count). The van der Waals surface area contributed by atoms with Crippen LogP contribution in [-0.4, -0.2) is 37.3 Å². The number of aromatic nitrogens is 1. The fraction of sp³-hybridized carbons (Fsp3) is 0.316. The smallest absolute Gasteiger partial charge is 0.0754 e. The third kappa shape index (κ3) is 3.14. The minimum Gasteiger partial charge on any atom is -0.305 e. The molecule has 0 radical (unpaired) electrons. The van der Waals surface area contributed by atoms with Crippen molar-refractivity contribution in [3.05, 3.63) is 53.6 Å². The van der Waals surface area contributed by atoms with E-state index in [-0.39, 0.29) is 7.92 Å². The second-order valence-electron chi connectivity index (χ2n) is 6.44. The summed E-state index contributed by atoms with van der Waals surface area (Å²) in [5, 5.41) is 2.49. The summed E-state index contributed by atoms with van der Waals surface area (Å²) in [6, 6.07) is 15.4. The average Bonchev–Trinajstić information content (AvgIpc) is 2.45. The van der Waals surface area contributed by atoms with Gasteiger partial charge in [0.05, 0.1) is 11.0 Å². The van der Waals surface area contributed by atoms with Crippen LogP contribution in [0.3, 0.4) is 0 Å². The predicted octanol–water partition coefficient (Wildman–Crippen LogP) is 4.69. The summed E-state index contributed by atoms with van der Waals surface area (Å²) in [7, 11) is 4.24. The van der Waals surface area contributed by atoms with Crippen molar-refractivity contribution in [1.82, 2.24) is 9.88 Å². The molecule has 0 aliphatic rings. The maximum Gasteiger partial charge on any atom is 0.0754 e. The van der Waals surface area contributed by atoms with Crippen molar-refractivity contribution in [3.63, 3.8) is 0 Å². The molecule has 0 aliphatic heterocycles. The maximum atomic E-state index is 5.07. The monoisotopic (exact) mass is 310 g/mol. The summed E-state index contributed by atoms with van der Waals surface area (Å²) in [5.74, 6) is 0. The summed E-state index contributed by atoms with van der Waals surface area (Å²) in [5.41, 5.74) is 5.01. The number of para-hydroxylation sites is 2. The van der Waals surface area contributed by atoms with Crippen molar-refractivity contribution in [2.45, 2.75) is 12.7 Å². The van der Waals surface area contributed by atoms with Crippen LogP contribution in [0.4, 0.5) is 0 Å². The molecule has 3 heteroatoms. The van der Waals surface area contributed by atoms with Crippen molar-refractivity contribution >= 4 is 29.7 Å². The largest absolute Gasteiger partial charge is 0.305 e.